The molecule has 1 aromatic rings. The lowest BCUT2D eigenvalue weighted by Crippen LogP contribution is -2.43. The van der Waals surface area contributed by atoms with Crippen LogP contribution in [0.25, 0.3) is 0 Å². The van der Waals surface area contributed by atoms with Gasteiger partial charge in [-0.15, -0.1) is 11.8 Å². The lowest BCUT2D eigenvalue weighted by molar-refractivity contribution is -0.119. The van der Waals surface area contributed by atoms with Crippen LogP contribution in [0.15, 0.2) is 24.3 Å². The molecule has 1 aromatic carbocycles. The van der Waals surface area contributed by atoms with Gasteiger partial charge in [-0.2, -0.15) is 0 Å². The fraction of sp³-hybridized carbons (Fsp3) is 0.562. The topological polar surface area (TPSA) is 41.1 Å². The van der Waals surface area contributed by atoms with Gasteiger partial charge < -0.3 is 10.6 Å². The maximum absolute atomic E-state index is 11.9. The average Bonchev–Trinajstić information content (AvgIpc) is 2.46. The van der Waals surface area contributed by atoms with Crippen LogP contribution in [0.4, 0.5) is 0 Å². The van der Waals surface area contributed by atoms with Gasteiger partial charge in [-0.25, -0.2) is 0 Å². The molecular formula is C16H23ClN2OS. The number of rotatable bonds is 6. The van der Waals surface area contributed by atoms with Crippen LogP contribution in [0.5, 0.6) is 0 Å². The number of carbonyl (C=O) groups is 1. The molecule has 0 saturated carbocycles. The zero-order chi connectivity index (χ0) is 15.1. The maximum Gasteiger partial charge on any atom is 0.230 e. The molecule has 0 aromatic heterocycles. The number of nitrogens with one attached hydrogen (secondary N) is 2. The lowest BCUT2D eigenvalue weighted by atomic mass is 9.81. The second-order valence-electron chi connectivity index (χ2n) is 5.96. The van der Waals surface area contributed by atoms with Crippen LogP contribution < -0.4 is 10.6 Å². The van der Waals surface area contributed by atoms with Crippen molar-refractivity contribution in [2.75, 3.05) is 25.4 Å². The summed E-state index contributed by atoms with van der Waals surface area (Å²) < 4.78 is 0. The van der Waals surface area contributed by atoms with E-state index in [-0.39, 0.29) is 11.3 Å². The first kappa shape index (κ1) is 16.7. The summed E-state index contributed by atoms with van der Waals surface area (Å²) in [6.07, 6.45) is 2.26. The summed E-state index contributed by atoms with van der Waals surface area (Å²) >= 11 is 7.57. The van der Waals surface area contributed by atoms with Crippen molar-refractivity contribution in [3.05, 3.63) is 34.9 Å². The fourth-order valence-corrected chi connectivity index (χ4v) is 3.48. The van der Waals surface area contributed by atoms with E-state index in [2.05, 4.69) is 17.6 Å². The Morgan fingerprint density at radius 2 is 2.19 bits per heavy atom. The van der Waals surface area contributed by atoms with Crippen molar-refractivity contribution in [1.82, 2.24) is 10.6 Å². The Kier molecular flexibility index (Phi) is 6.40. The number of amides is 1. The highest BCUT2D eigenvalue weighted by Gasteiger charge is 2.26. The highest BCUT2D eigenvalue weighted by atomic mass is 35.5. The standard InChI is InChI=1S/C16H23ClN2OS/c1-16(5-7-18-8-6-16)12-19-15(20)11-21-10-13-3-2-4-14(17)9-13/h2-4,9,18H,5-8,10-12H2,1H3,(H,19,20). The molecule has 1 aliphatic rings. The Morgan fingerprint density at radius 3 is 2.90 bits per heavy atom. The molecule has 3 nitrogen and oxygen atoms in total. The average molecular weight is 327 g/mol. The number of hydrogen-bond donors (Lipinski definition) is 2. The zero-order valence-electron chi connectivity index (χ0n) is 12.5. The molecule has 0 bridgehead atoms. The van der Waals surface area contributed by atoms with Gasteiger partial charge in [0.25, 0.3) is 0 Å². The normalized spacial score (nSPS) is 17.4. The van der Waals surface area contributed by atoms with Gasteiger partial charge in [-0.05, 0) is 49.0 Å². The third-order valence-electron chi connectivity index (χ3n) is 3.91. The predicted molar refractivity (Wildman–Crippen MR) is 90.8 cm³/mol. The van der Waals surface area contributed by atoms with Crippen LogP contribution in [0.3, 0.4) is 0 Å². The first-order chi connectivity index (χ1) is 10.1. The maximum atomic E-state index is 11.9. The molecule has 0 spiro atoms. The number of carbonyl (C=O) groups excluding carboxylic acids is 1. The van der Waals surface area contributed by atoms with Crippen molar-refractivity contribution >= 4 is 29.3 Å². The molecule has 21 heavy (non-hydrogen) atoms. The monoisotopic (exact) mass is 326 g/mol. The molecule has 0 unspecified atom stereocenters. The number of hydrogen-bond acceptors (Lipinski definition) is 3. The summed E-state index contributed by atoms with van der Waals surface area (Å²) in [5, 5.41) is 7.18. The van der Waals surface area contributed by atoms with Gasteiger partial charge in [0.1, 0.15) is 0 Å². The van der Waals surface area contributed by atoms with Crippen molar-refractivity contribution in [2.45, 2.75) is 25.5 Å². The highest BCUT2D eigenvalue weighted by molar-refractivity contribution is 7.99. The second-order valence-corrected chi connectivity index (χ2v) is 7.38. The molecule has 116 valence electrons. The van der Waals surface area contributed by atoms with Crippen molar-refractivity contribution in [3.63, 3.8) is 0 Å². The minimum absolute atomic E-state index is 0.127. The van der Waals surface area contributed by atoms with Crippen molar-refractivity contribution < 1.29 is 4.79 Å². The van der Waals surface area contributed by atoms with E-state index in [4.69, 9.17) is 11.6 Å². The SMILES string of the molecule is CC1(CNC(=O)CSCc2cccc(Cl)c2)CCNCC1. The highest BCUT2D eigenvalue weighted by Crippen LogP contribution is 2.26. The Morgan fingerprint density at radius 1 is 1.43 bits per heavy atom. The van der Waals surface area contributed by atoms with Gasteiger partial charge in [0, 0.05) is 17.3 Å². The van der Waals surface area contributed by atoms with Crippen molar-refractivity contribution in [3.8, 4) is 0 Å². The van der Waals surface area contributed by atoms with Crippen LogP contribution in [-0.4, -0.2) is 31.3 Å². The molecule has 1 saturated heterocycles. The quantitative estimate of drug-likeness (QED) is 0.844. The molecule has 1 heterocycles. The molecule has 0 radical (unpaired) electrons. The van der Waals surface area contributed by atoms with Crippen LogP contribution in [-0.2, 0) is 10.5 Å². The molecule has 0 atom stereocenters. The number of piperidine rings is 1. The molecule has 2 N–H and O–H groups in total. The molecule has 5 heteroatoms. The Balaban J connectivity index is 1.65. The first-order valence-electron chi connectivity index (χ1n) is 7.37. The predicted octanol–water partition coefficient (Wildman–Crippen LogP) is 3.08. The minimum atomic E-state index is 0.127. The van der Waals surface area contributed by atoms with E-state index in [0.29, 0.717) is 5.75 Å². The van der Waals surface area contributed by atoms with E-state index >= 15 is 0 Å². The number of halogens is 1. The van der Waals surface area contributed by atoms with Crippen LogP contribution in [0.1, 0.15) is 25.3 Å². The minimum Gasteiger partial charge on any atom is -0.355 e. The largest absolute Gasteiger partial charge is 0.355 e. The molecule has 1 amide bonds. The molecular weight excluding hydrogens is 304 g/mol. The summed E-state index contributed by atoms with van der Waals surface area (Å²) in [5.74, 6) is 1.44. The smallest absolute Gasteiger partial charge is 0.230 e. The van der Waals surface area contributed by atoms with Gasteiger partial charge >= 0.3 is 0 Å². The summed E-state index contributed by atoms with van der Waals surface area (Å²) in [6.45, 7) is 5.14. The zero-order valence-corrected chi connectivity index (χ0v) is 14.0. The lowest BCUT2D eigenvalue weighted by Gasteiger charge is -2.34. The molecule has 1 aliphatic heterocycles. The summed E-state index contributed by atoms with van der Waals surface area (Å²) in [5.41, 5.74) is 1.41. The van der Waals surface area contributed by atoms with E-state index < -0.39 is 0 Å². The summed E-state index contributed by atoms with van der Waals surface area (Å²) in [4.78, 5) is 11.9. The second kappa shape index (κ2) is 8.06. The van der Waals surface area contributed by atoms with E-state index in [1.54, 1.807) is 11.8 Å². The van der Waals surface area contributed by atoms with Gasteiger partial charge in [-0.1, -0.05) is 30.7 Å². The fourth-order valence-electron chi connectivity index (χ4n) is 2.46. The van der Waals surface area contributed by atoms with Gasteiger partial charge in [0.2, 0.25) is 5.91 Å². The van der Waals surface area contributed by atoms with E-state index in [0.717, 1.165) is 48.8 Å². The Hall–Kier alpha value is -0.710. The van der Waals surface area contributed by atoms with Gasteiger partial charge in [0.15, 0.2) is 0 Å². The summed E-state index contributed by atoms with van der Waals surface area (Å²) in [7, 11) is 0. The molecule has 1 fully saturated rings. The van der Waals surface area contributed by atoms with Crippen molar-refractivity contribution in [2.24, 2.45) is 5.41 Å². The first-order valence-corrected chi connectivity index (χ1v) is 8.90. The molecule has 2 rings (SSSR count). The van der Waals surface area contributed by atoms with Crippen LogP contribution in [0, 0.1) is 5.41 Å². The van der Waals surface area contributed by atoms with Crippen molar-refractivity contribution in [1.29, 1.82) is 0 Å². The third-order valence-corrected chi connectivity index (χ3v) is 5.15. The number of benzene rings is 1. The number of thioether (sulfide) groups is 1. The molecule has 0 aliphatic carbocycles. The Bertz CT molecular complexity index is 475. The van der Waals surface area contributed by atoms with E-state index in [1.807, 2.05) is 24.3 Å². The van der Waals surface area contributed by atoms with Crippen LogP contribution >= 0.6 is 23.4 Å². The van der Waals surface area contributed by atoms with E-state index in [9.17, 15) is 4.79 Å². The van der Waals surface area contributed by atoms with Gasteiger partial charge in [-0.3, -0.25) is 4.79 Å². The van der Waals surface area contributed by atoms with Gasteiger partial charge in [0.05, 0.1) is 5.75 Å². The van der Waals surface area contributed by atoms with Crippen LogP contribution in [0.2, 0.25) is 5.02 Å². The Labute approximate surface area is 136 Å². The third kappa shape index (κ3) is 5.89. The summed E-state index contributed by atoms with van der Waals surface area (Å²) in [6, 6.07) is 7.79. The van der Waals surface area contributed by atoms with E-state index in [1.165, 1.54) is 0 Å².